The molecule has 2 rings (SSSR count). The average Bonchev–Trinajstić information content (AvgIpc) is 2.89. The Labute approximate surface area is 154 Å². The minimum atomic E-state index is -0.587. The van der Waals surface area contributed by atoms with E-state index in [9.17, 15) is 4.79 Å². The molecule has 2 aromatic rings. The van der Waals surface area contributed by atoms with Crippen molar-refractivity contribution in [3.8, 4) is 5.75 Å². The molecule has 0 saturated carbocycles. The highest BCUT2D eigenvalue weighted by atomic mass is 79.9. The average molecular weight is 413 g/mol. The third-order valence-corrected chi connectivity index (χ3v) is 4.49. The second kappa shape index (κ2) is 8.43. The molecular formula is C16H21BrN4O2S. The molecular weight excluding hydrogens is 392 g/mol. The summed E-state index contributed by atoms with van der Waals surface area (Å²) in [5, 5.41) is 9.80. The fourth-order valence-corrected chi connectivity index (χ4v) is 3.12. The topological polar surface area (TPSA) is 71.9 Å². The van der Waals surface area contributed by atoms with E-state index in [1.165, 1.54) is 0 Å². The Morgan fingerprint density at radius 3 is 2.96 bits per heavy atom. The van der Waals surface area contributed by atoms with Crippen LogP contribution in [0.5, 0.6) is 5.75 Å². The minimum Gasteiger partial charge on any atom is -0.480 e. The zero-order valence-corrected chi connectivity index (χ0v) is 16.3. The summed E-state index contributed by atoms with van der Waals surface area (Å²) in [5.74, 6) is 1.31. The quantitative estimate of drug-likeness (QED) is 0.685. The largest absolute Gasteiger partial charge is 0.480 e. The molecule has 1 aromatic heterocycles. The molecule has 1 heterocycles. The number of hydrogen-bond acceptors (Lipinski definition) is 4. The van der Waals surface area contributed by atoms with E-state index >= 15 is 0 Å². The van der Waals surface area contributed by atoms with Crippen LogP contribution in [0.3, 0.4) is 0 Å². The van der Waals surface area contributed by atoms with Gasteiger partial charge in [0.05, 0.1) is 4.47 Å². The molecule has 0 aliphatic rings. The van der Waals surface area contributed by atoms with Crippen LogP contribution < -0.4 is 10.1 Å². The van der Waals surface area contributed by atoms with Crippen LogP contribution in [0.1, 0.15) is 25.2 Å². The van der Waals surface area contributed by atoms with E-state index in [4.69, 9.17) is 17.0 Å². The number of amides is 1. The first-order chi connectivity index (χ1) is 11.4. The molecule has 1 unspecified atom stereocenters. The third-order valence-electron chi connectivity index (χ3n) is 3.56. The lowest BCUT2D eigenvalue weighted by atomic mass is 10.2. The maximum Gasteiger partial charge on any atom is 0.260 e. The summed E-state index contributed by atoms with van der Waals surface area (Å²) in [6, 6.07) is 5.74. The van der Waals surface area contributed by atoms with Crippen LogP contribution in [0.2, 0.25) is 0 Å². The Morgan fingerprint density at radius 1 is 1.54 bits per heavy atom. The number of hydrogen-bond donors (Lipinski definition) is 2. The number of ether oxygens (including phenoxy) is 1. The summed E-state index contributed by atoms with van der Waals surface area (Å²) in [5.41, 5.74) is 1.12. The summed E-state index contributed by atoms with van der Waals surface area (Å²) >= 11 is 8.59. The van der Waals surface area contributed by atoms with Gasteiger partial charge in [0.15, 0.2) is 10.9 Å². The maximum atomic E-state index is 12.2. The first-order valence-corrected chi connectivity index (χ1v) is 8.97. The lowest BCUT2D eigenvalue weighted by Crippen LogP contribution is -2.37. The Kier molecular flexibility index (Phi) is 6.56. The smallest absolute Gasteiger partial charge is 0.260 e. The van der Waals surface area contributed by atoms with Gasteiger partial charge in [-0.05, 0) is 66.6 Å². The summed E-state index contributed by atoms with van der Waals surface area (Å²) in [7, 11) is 0. The standard InChI is InChI=1S/C16H21BrN4O2S/c1-4-21-14(19-20-16(21)24)7-8-18-15(22)11(3)23-13-6-5-10(2)9-12(13)17/h5-6,9,11H,4,7-8H2,1-3H3,(H,18,22)(H,20,24). The maximum absolute atomic E-state index is 12.2. The third kappa shape index (κ3) is 4.67. The van der Waals surface area contributed by atoms with Crippen LogP contribution >= 0.6 is 28.1 Å². The van der Waals surface area contributed by atoms with E-state index in [-0.39, 0.29) is 5.91 Å². The van der Waals surface area contributed by atoms with E-state index < -0.39 is 6.10 Å². The molecule has 24 heavy (non-hydrogen) atoms. The predicted molar refractivity (Wildman–Crippen MR) is 98.8 cm³/mol. The summed E-state index contributed by atoms with van der Waals surface area (Å²) in [4.78, 5) is 12.2. The highest BCUT2D eigenvalue weighted by molar-refractivity contribution is 9.10. The van der Waals surface area contributed by atoms with Gasteiger partial charge in [0.1, 0.15) is 11.6 Å². The number of aromatic amines is 1. The zero-order chi connectivity index (χ0) is 17.7. The lowest BCUT2D eigenvalue weighted by Gasteiger charge is -2.16. The number of nitrogens with one attached hydrogen (secondary N) is 2. The number of carbonyl (C=O) groups is 1. The van der Waals surface area contributed by atoms with Gasteiger partial charge in [-0.1, -0.05) is 6.07 Å². The van der Waals surface area contributed by atoms with Crippen LogP contribution in [0, 0.1) is 11.7 Å². The number of halogens is 1. The number of H-pyrrole nitrogens is 1. The summed E-state index contributed by atoms with van der Waals surface area (Å²) in [6.45, 7) is 6.95. The van der Waals surface area contributed by atoms with E-state index in [0.717, 1.165) is 22.4 Å². The fourth-order valence-electron chi connectivity index (χ4n) is 2.25. The highest BCUT2D eigenvalue weighted by Gasteiger charge is 2.16. The van der Waals surface area contributed by atoms with Gasteiger partial charge in [-0.3, -0.25) is 9.89 Å². The molecule has 1 atom stereocenters. The normalized spacial score (nSPS) is 12.0. The van der Waals surface area contributed by atoms with Crippen molar-refractivity contribution in [1.82, 2.24) is 20.1 Å². The second-order valence-electron chi connectivity index (χ2n) is 5.42. The first-order valence-electron chi connectivity index (χ1n) is 7.77. The number of aromatic nitrogens is 3. The first kappa shape index (κ1) is 18.7. The Morgan fingerprint density at radius 2 is 2.29 bits per heavy atom. The number of nitrogens with zero attached hydrogens (tertiary/aromatic N) is 2. The van der Waals surface area contributed by atoms with Gasteiger partial charge < -0.3 is 14.6 Å². The minimum absolute atomic E-state index is 0.167. The van der Waals surface area contributed by atoms with E-state index in [2.05, 4.69) is 31.4 Å². The highest BCUT2D eigenvalue weighted by Crippen LogP contribution is 2.26. The van der Waals surface area contributed by atoms with Crippen molar-refractivity contribution in [2.45, 2.75) is 39.8 Å². The number of carbonyl (C=O) groups excluding carboxylic acids is 1. The molecule has 0 spiro atoms. The lowest BCUT2D eigenvalue weighted by molar-refractivity contribution is -0.127. The molecule has 0 aliphatic carbocycles. The Bertz CT molecular complexity index is 772. The van der Waals surface area contributed by atoms with E-state index in [1.807, 2.05) is 36.6 Å². The molecule has 0 aliphatic heterocycles. The van der Waals surface area contributed by atoms with Crippen LogP contribution in [0.15, 0.2) is 22.7 Å². The Balaban J connectivity index is 1.86. The van der Waals surface area contributed by atoms with Gasteiger partial charge in [0.25, 0.3) is 5.91 Å². The van der Waals surface area contributed by atoms with Crippen molar-refractivity contribution in [3.05, 3.63) is 38.8 Å². The Hall–Kier alpha value is -1.67. The predicted octanol–water partition coefficient (Wildman–Crippen LogP) is 3.16. The molecule has 8 heteroatoms. The van der Waals surface area contributed by atoms with Crippen molar-refractivity contribution in [3.63, 3.8) is 0 Å². The molecule has 6 nitrogen and oxygen atoms in total. The van der Waals surface area contributed by atoms with Crippen LogP contribution in [0.25, 0.3) is 0 Å². The van der Waals surface area contributed by atoms with Gasteiger partial charge >= 0.3 is 0 Å². The van der Waals surface area contributed by atoms with Crippen molar-refractivity contribution < 1.29 is 9.53 Å². The zero-order valence-electron chi connectivity index (χ0n) is 13.9. The van der Waals surface area contributed by atoms with Gasteiger partial charge in [0, 0.05) is 19.5 Å². The van der Waals surface area contributed by atoms with Crippen molar-refractivity contribution in [1.29, 1.82) is 0 Å². The molecule has 2 N–H and O–H groups in total. The summed E-state index contributed by atoms with van der Waals surface area (Å²) < 4.78 is 9.05. The van der Waals surface area contributed by atoms with Gasteiger partial charge in [0.2, 0.25) is 0 Å². The SMILES string of the molecule is CCn1c(CCNC(=O)C(C)Oc2ccc(C)cc2Br)n[nH]c1=S. The molecule has 0 radical (unpaired) electrons. The van der Waals surface area contributed by atoms with Crippen molar-refractivity contribution in [2.24, 2.45) is 0 Å². The van der Waals surface area contributed by atoms with Gasteiger partial charge in [-0.15, -0.1) is 0 Å². The van der Waals surface area contributed by atoms with Gasteiger partial charge in [-0.25, -0.2) is 0 Å². The van der Waals surface area contributed by atoms with E-state index in [0.29, 0.717) is 23.5 Å². The van der Waals surface area contributed by atoms with Crippen LogP contribution in [0.4, 0.5) is 0 Å². The summed E-state index contributed by atoms with van der Waals surface area (Å²) in [6.07, 6.45) is 0.0178. The number of rotatable bonds is 7. The van der Waals surface area contributed by atoms with Gasteiger partial charge in [-0.2, -0.15) is 5.10 Å². The van der Waals surface area contributed by atoms with Crippen LogP contribution in [-0.2, 0) is 17.8 Å². The molecule has 130 valence electrons. The molecule has 1 aromatic carbocycles. The molecule has 0 fully saturated rings. The van der Waals surface area contributed by atoms with Crippen molar-refractivity contribution >= 4 is 34.1 Å². The van der Waals surface area contributed by atoms with Crippen molar-refractivity contribution in [2.75, 3.05) is 6.54 Å². The second-order valence-corrected chi connectivity index (χ2v) is 6.67. The molecule has 0 saturated heterocycles. The van der Waals surface area contributed by atoms with E-state index in [1.54, 1.807) is 6.92 Å². The monoisotopic (exact) mass is 412 g/mol. The molecule has 0 bridgehead atoms. The number of aryl methyl sites for hydroxylation is 1. The number of benzene rings is 1. The van der Waals surface area contributed by atoms with Crippen LogP contribution in [-0.4, -0.2) is 33.3 Å². The fraction of sp³-hybridized carbons (Fsp3) is 0.438. The molecule has 1 amide bonds.